The molecule has 1 fully saturated rings. The van der Waals surface area contributed by atoms with Crippen molar-refractivity contribution in [1.82, 2.24) is 14.8 Å². The molecule has 6 heteroatoms. The van der Waals surface area contributed by atoms with Gasteiger partial charge in [0.2, 0.25) is 0 Å². The Bertz CT molecular complexity index is 899. The van der Waals surface area contributed by atoms with Gasteiger partial charge in [0.05, 0.1) is 10.3 Å². The van der Waals surface area contributed by atoms with E-state index in [1.807, 2.05) is 0 Å². The maximum atomic E-state index is 12.0. The van der Waals surface area contributed by atoms with E-state index in [1.165, 1.54) is 42.1 Å². The number of unbranched alkanes of at least 4 members (excludes halogenated alkanes) is 1. The van der Waals surface area contributed by atoms with Crippen LogP contribution in [0.1, 0.15) is 44.6 Å². The van der Waals surface area contributed by atoms with Crippen LogP contribution in [0.4, 0.5) is 0 Å². The number of para-hydroxylation sites is 1. The second kappa shape index (κ2) is 9.48. The highest BCUT2D eigenvalue weighted by atomic mass is 32.2. The van der Waals surface area contributed by atoms with Crippen molar-refractivity contribution < 1.29 is 4.79 Å². The Morgan fingerprint density at radius 2 is 2.07 bits per heavy atom. The number of carbonyl (C=O) groups is 1. The van der Waals surface area contributed by atoms with Crippen LogP contribution in [0.3, 0.4) is 0 Å². The van der Waals surface area contributed by atoms with E-state index < -0.39 is 0 Å². The van der Waals surface area contributed by atoms with Crippen LogP contribution in [-0.2, 0) is 11.2 Å². The molecule has 1 amide bonds. The van der Waals surface area contributed by atoms with Crippen LogP contribution in [0.25, 0.3) is 10.9 Å². The van der Waals surface area contributed by atoms with Crippen molar-refractivity contribution in [1.29, 1.82) is 0 Å². The van der Waals surface area contributed by atoms with Gasteiger partial charge in [0.15, 0.2) is 0 Å². The molecule has 2 aliphatic rings. The summed E-state index contributed by atoms with van der Waals surface area (Å²) in [5.74, 6) is 0.299. The number of hydrogen-bond acceptors (Lipinski definition) is 4. The molecule has 0 bridgehead atoms. The van der Waals surface area contributed by atoms with Gasteiger partial charge >= 0.3 is 0 Å². The van der Waals surface area contributed by atoms with Gasteiger partial charge in [0.25, 0.3) is 5.91 Å². The van der Waals surface area contributed by atoms with Gasteiger partial charge in [0, 0.05) is 29.3 Å². The molecule has 162 valence electrons. The van der Waals surface area contributed by atoms with Crippen LogP contribution < -0.4 is 5.73 Å². The van der Waals surface area contributed by atoms with E-state index in [-0.39, 0.29) is 5.91 Å². The number of aromatic amines is 1. The predicted molar refractivity (Wildman–Crippen MR) is 126 cm³/mol. The number of fused-ring (bicyclic) bond motifs is 1. The molecule has 3 N–H and O–H groups in total. The molecule has 0 saturated carbocycles. The zero-order valence-corrected chi connectivity index (χ0v) is 19.0. The molecular formula is C24H34N4OS. The lowest BCUT2D eigenvalue weighted by Gasteiger charge is -2.40. The fourth-order valence-corrected chi connectivity index (χ4v) is 6.25. The minimum atomic E-state index is -0.290. The molecule has 2 aromatic rings. The third kappa shape index (κ3) is 4.54. The number of nitrogens with zero attached hydrogens (tertiary/aromatic N) is 2. The van der Waals surface area contributed by atoms with Crippen molar-refractivity contribution in [3.05, 3.63) is 47.1 Å². The van der Waals surface area contributed by atoms with Crippen LogP contribution in [0.2, 0.25) is 0 Å². The van der Waals surface area contributed by atoms with E-state index in [1.54, 1.807) is 11.8 Å². The van der Waals surface area contributed by atoms with Crippen LogP contribution in [0, 0.1) is 5.92 Å². The maximum absolute atomic E-state index is 12.0. The van der Waals surface area contributed by atoms with E-state index >= 15 is 0 Å². The molecule has 1 saturated heterocycles. The van der Waals surface area contributed by atoms with E-state index in [4.69, 9.17) is 5.73 Å². The standard InChI is InChI=1S/C24H34N4OS/c1-3-4-7-19(14-18-15-26-21-9-6-5-8-20(18)21)28-16-22(23(25)29)30-24(28)17-10-12-27(2)13-11-17/h5-6,8-9,15-17,19,24,26H,3-4,7,10-14H2,1-2H3,(H2,25,29). The first kappa shape index (κ1) is 21.3. The highest BCUT2D eigenvalue weighted by Crippen LogP contribution is 2.43. The summed E-state index contributed by atoms with van der Waals surface area (Å²) in [6, 6.07) is 8.90. The summed E-state index contributed by atoms with van der Waals surface area (Å²) in [4.78, 5) is 21.1. The average Bonchev–Trinajstić information content (AvgIpc) is 3.37. The lowest BCUT2D eigenvalue weighted by molar-refractivity contribution is -0.113. The lowest BCUT2D eigenvalue weighted by Crippen LogP contribution is -2.44. The number of nitrogens with two attached hydrogens (primary N) is 1. The second-order valence-electron chi connectivity index (χ2n) is 8.81. The van der Waals surface area contributed by atoms with E-state index in [0.717, 1.165) is 30.8 Å². The minimum absolute atomic E-state index is 0.290. The number of benzene rings is 1. The Balaban J connectivity index is 1.61. The number of H-pyrrole nitrogens is 1. The molecule has 5 nitrogen and oxygen atoms in total. The predicted octanol–water partition coefficient (Wildman–Crippen LogP) is 4.31. The van der Waals surface area contributed by atoms with Gasteiger partial charge in [-0.1, -0.05) is 49.7 Å². The van der Waals surface area contributed by atoms with Crippen LogP contribution in [0.15, 0.2) is 41.6 Å². The number of piperidine rings is 1. The molecule has 2 aliphatic heterocycles. The molecule has 1 aromatic heterocycles. The molecule has 4 rings (SSSR count). The third-order valence-electron chi connectivity index (χ3n) is 6.66. The average molecular weight is 427 g/mol. The SMILES string of the molecule is CCCCC(Cc1c[nH]c2ccccc12)N1C=C(C(N)=O)SC1C1CCN(C)CC1. The summed E-state index contributed by atoms with van der Waals surface area (Å²) in [6.45, 7) is 4.51. The Hall–Kier alpha value is -1.92. The van der Waals surface area contributed by atoms with Gasteiger partial charge in [-0.2, -0.15) is 0 Å². The van der Waals surface area contributed by atoms with E-state index in [2.05, 4.69) is 65.4 Å². The molecule has 1 aromatic carbocycles. The number of rotatable bonds is 8. The number of carbonyl (C=O) groups excluding carboxylic acids is 1. The Morgan fingerprint density at radius 3 is 2.80 bits per heavy atom. The third-order valence-corrected chi connectivity index (χ3v) is 8.09. The Morgan fingerprint density at radius 1 is 1.30 bits per heavy atom. The summed E-state index contributed by atoms with van der Waals surface area (Å²) >= 11 is 1.70. The summed E-state index contributed by atoms with van der Waals surface area (Å²) < 4.78 is 0. The summed E-state index contributed by atoms with van der Waals surface area (Å²) in [5, 5.41) is 1.62. The number of hydrogen-bond donors (Lipinski definition) is 2. The molecule has 2 unspecified atom stereocenters. The summed E-state index contributed by atoms with van der Waals surface area (Å²) in [7, 11) is 2.20. The van der Waals surface area contributed by atoms with Crippen LogP contribution in [-0.4, -0.2) is 52.2 Å². The van der Waals surface area contributed by atoms with Crippen molar-refractivity contribution in [3.8, 4) is 0 Å². The highest BCUT2D eigenvalue weighted by Gasteiger charge is 2.38. The molecule has 0 aliphatic carbocycles. The molecule has 3 heterocycles. The first-order valence-electron chi connectivity index (χ1n) is 11.3. The summed E-state index contributed by atoms with van der Waals surface area (Å²) in [5.41, 5.74) is 8.27. The largest absolute Gasteiger partial charge is 0.365 e. The van der Waals surface area contributed by atoms with Crippen molar-refractivity contribution in [2.75, 3.05) is 20.1 Å². The van der Waals surface area contributed by atoms with Gasteiger partial charge in [0.1, 0.15) is 0 Å². The lowest BCUT2D eigenvalue weighted by atomic mass is 9.93. The quantitative estimate of drug-likeness (QED) is 0.660. The Labute approximate surface area is 184 Å². The summed E-state index contributed by atoms with van der Waals surface area (Å²) in [6.07, 6.45) is 11.1. The monoisotopic (exact) mass is 426 g/mol. The highest BCUT2D eigenvalue weighted by molar-refractivity contribution is 8.04. The van der Waals surface area contributed by atoms with Crippen molar-refractivity contribution in [3.63, 3.8) is 0 Å². The normalized spacial score (nSPS) is 21.9. The van der Waals surface area contributed by atoms with Crippen molar-refractivity contribution in [2.24, 2.45) is 11.7 Å². The van der Waals surface area contributed by atoms with Gasteiger partial charge in [-0.3, -0.25) is 4.79 Å². The number of primary amides is 1. The van der Waals surface area contributed by atoms with Gasteiger partial charge in [-0.25, -0.2) is 0 Å². The van der Waals surface area contributed by atoms with Gasteiger partial charge in [-0.05, 0) is 63.4 Å². The fraction of sp³-hybridized carbons (Fsp3) is 0.542. The number of amides is 1. The molecule has 30 heavy (non-hydrogen) atoms. The first-order valence-corrected chi connectivity index (χ1v) is 12.1. The van der Waals surface area contributed by atoms with Gasteiger partial charge < -0.3 is 20.5 Å². The molecular weight excluding hydrogens is 392 g/mol. The van der Waals surface area contributed by atoms with Crippen LogP contribution in [0.5, 0.6) is 0 Å². The molecule has 0 radical (unpaired) electrons. The Kier molecular flexibility index (Phi) is 6.74. The minimum Gasteiger partial charge on any atom is -0.365 e. The van der Waals surface area contributed by atoms with Gasteiger partial charge in [-0.15, -0.1) is 0 Å². The van der Waals surface area contributed by atoms with E-state index in [0.29, 0.717) is 17.3 Å². The number of likely N-dealkylation sites (tertiary alicyclic amines) is 1. The number of nitrogens with one attached hydrogen (secondary N) is 1. The fourth-order valence-electron chi connectivity index (χ4n) is 4.87. The van der Waals surface area contributed by atoms with Crippen molar-refractivity contribution in [2.45, 2.75) is 56.9 Å². The van der Waals surface area contributed by atoms with E-state index in [9.17, 15) is 4.79 Å². The number of thioether (sulfide) groups is 1. The van der Waals surface area contributed by atoms with Crippen molar-refractivity contribution >= 4 is 28.6 Å². The smallest absolute Gasteiger partial charge is 0.256 e. The second-order valence-corrected chi connectivity index (χ2v) is 9.97. The zero-order valence-electron chi connectivity index (χ0n) is 18.1. The van der Waals surface area contributed by atoms with Crippen LogP contribution >= 0.6 is 11.8 Å². The topological polar surface area (TPSA) is 65.4 Å². The zero-order chi connectivity index (χ0) is 21.1. The maximum Gasteiger partial charge on any atom is 0.256 e. The molecule has 0 spiro atoms. The molecule has 2 atom stereocenters. The first-order chi connectivity index (χ1) is 14.6. The number of aromatic nitrogens is 1.